The number of likely N-dealkylation sites (N-methyl/N-ethyl adjacent to an activating group) is 1. The molecule has 0 atom stereocenters. The average molecular weight is 245 g/mol. The van der Waals surface area contributed by atoms with E-state index in [1.54, 1.807) is 0 Å². The van der Waals surface area contributed by atoms with E-state index in [0.717, 1.165) is 13.1 Å². The lowest BCUT2D eigenvalue weighted by atomic mass is 9.48. The van der Waals surface area contributed by atoms with Crippen LogP contribution in [0.25, 0.3) is 0 Å². The van der Waals surface area contributed by atoms with Gasteiger partial charge in [0.15, 0.2) is 0 Å². The third-order valence-corrected chi connectivity index (χ3v) is 5.03. The Kier molecular flexibility index (Phi) is 4.11. The zero-order valence-corrected chi connectivity index (χ0v) is 12.1. The Balaban J connectivity index is 2.18. The van der Waals surface area contributed by atoms with Crippen molar-refractivity contribution in [2.24, 2.45) is 5.41 Å². The van der Waals surface area contributed by atoms with Crippen LogP contribution in [0, 0.1) is 5.41 Å². The fourth-order valence-corrected chi connectivity index (χ4v) is 3.72. The summed E-state index contributed by atoms with van der Waals surface area (Å²) in [6.45, 7) is 9.11. The first-order valence-corrected chi connectivity index (χ1v) is 7.46. The van der Waals surface area contributed by atoms with Gasteiger partial charge in [0.25, 0.3) is 0 Å². The van der Waals surface area contributed by atoms with E-state index in [2.05, 4.69) is 56.4 Å². The third kappa shape index (κ3) is 2.33. The summed E-state index contributed by atoms with van der Waals surface area (Å²) >= 11 is 0. The number of benzene rings is 1. The van der Waals surface area contributed by atoms with Crippen LogP contribution in [0.2, 0.25) is 0 Å². The van der Waals surface area contributed by atoms with Crippen molar-refractivity contribution in [1.82, 2.24) is 5.32 Å². The molecule has 1 saturated carbocycles. The molecule has 18 heavy (non-hydrogen) atoms. The molecule has 0 unspecified atom stereocenters. The maximum Gasteiger partial charge on any atom is 0.00883 e. The maximum atomic E-state index is 3.58. The minimum atomic E-state index is 0.392. The molecular weight excluding hydrogens is 218 g/mol. The van der Waals surface area contributed by atoms with Gasteiger partial charge in [0, 0.05) is 12.0 Å². The minimum Gasteiger partial charge on any atom is -0.316 e. The molecule has 0 spiro atoms. The summed E-state index contributed by atoms with van der Waals surface area (Å²) in [6, 6.07) is 11.1. The Hall–Kier alpha value is -0.820. The van der Waals surface area contributed by atoms with E-state index in [4.69, 9.17) is 0 Å². The quantitative estimate of drug-likeness (QED) is 0.794. The highest BCUT2D eigenvalue weighted by molar-refractivity contribution is 5.31. The van der Waals surface area contributed by atoms with Gasteiger partial charge in [-0.25, -0.2) is 0 Å². The standard InChI is InChI=1S/C17H27N/c1-4-16(5-2)12-17(13-16,14-18-6-3)15-10-8-7-9-11-15/h7-11,18H,4-6,12-14H2,1-3H3. The number of hydrogen-bond acceptors (Lipinski definition) is 1. The molecule has 1 fully saturated rings. The summed E-state index contributed by atoms with van der Waals surface area (Å²) in [6.07, 6.45) is 5.35. The molecule has 0 saturated heterocycles. The normalized spacial score (nSPS) is 20.4. The molecule has 0 amide bonds. The van der Waals surface area contributed by atoms with Crippen LogP contribution < -0.4 is 5.32 Å². The molecule has 100 valence electrons. The fourth-order valence-electron chi connectivity index (χ4n) is 3.72. The molecule has 1 aromatic rings. The SMILES string of the molecule is CCNCC1(c2ccccc2)CC(CC)(CC)C1. The van der Waals surface area contributed by atoms with Gasteiger partial charge < -0.3 is 5.32 Å². The zero-order valence-electron chi connectivity index (χ0n) is 12.1. The van der Waals surface area contributed by atoms with Gasteiger partial charge in [0.05, 0.1) is 0 Å². The highest BCUT2D eigenvalue weighted by Crippen LogP contribution is 2.58. The van der Waals surface area contributed by atoms with E-state index in [0.29, 0.717) is 10.8 Å². The second kappa shape index (κ2) is 5.44. The predicted octanol–water partition coefficient (Wildman–Crippen LogP) is 4.13. The third-order valence-electron chi connectivity index (χ3n) is 5.03. The van der Waals surface area contributed by atoms with Crippen molar-refractivity contribution in [2.75, 3.05) is 13.1 Å². The van der Waals surface area contributed by atoms with E-state index in [1.807, 2.05) is 0 Å². The summed E-state index contributed by atoms with van der Waals surface area (Å²) in [5.41, 5.74) is 2.53. The van der Waals surface area contributed by atoms with Crippen LogP contribution in [0.15, 0.2) is 30.3 Å². The Morgan fingerprint density at radius 1 is 1.00 bits per heavy atom. The van der Waals surface area contributed by atoms with Crippen molar-refractivity contribution >= 4 is 0 Å². The van der Waals surface area contributed by atoms with Gasteiger partial charge in [-0.2, -0.15) is 0 Å². The fraction of sp³-hybridized carbons (Fsp3) is 0.647. The molecule has 1 N–H and O–H groups in total. The molecular formula is C17H27N. The predicted molar refractivity (Wildman–Crippen MR) is 78.9 cm³/mol. The van der Waals surface area contributed by atoms with E-state index in [9.17, 15) is 0 Å². The molecule has 0 bridgehead atoms. The van der Waals surface area contributed by atoms with Crippen LogP contribution in [0.3, 0.4) is 0 Å². The van der Waals surface area contributed by atoms with Crippen LogP contribution in [0.4, 0.5) is 0 Å². The first kappa shape index (κ1) is 13.6. The van der Waals surface area contributed by atoms with Crippen LogP contribution >= 0.6 is 0 Å². The van der Waals surface area contributed by atoms with Crippen molar-refractivity contribution < 1.29 is 0 Å². The van der Waals surface area contributed by atoms with Gasteiger partial charge in [-0.1, -0.05) is 63.9 Å². The van der Waals surface area contributed by atoms with E-state index in [-0.39, 0.29) is 0 Å². The van der Waals surface area contributed by atoms with Gasteiger partial charge in [0.2, 0.25) is 0 Å². The lowest BCUT2D eigenvalue weighted by Gasteiger charge is -2.57. The smallest absolute Gasteiger partial charge is 0.00883 e. The number of rotatable bonds is 6. The summed E-state index contributed by atoms with van der Waals surface area (Å²) in [5.74, 6) is 0. The maximum absolute atomic E-state index is 3.58. The van der Waals surface area contributed by atoms with Crippen molar-refractivity contribution in [3.8, 4) is 0 Å². The molecule has 0 radical (unpaired) electrons. The second-order valence-corrected chi connectivity index (χ2v) is 5.99. The number of hydrogen-bond donors (Lipinski definition) is 1. The molecule has 1 aliphatic carbocycles. The first-order valence-electron chi connectivity index (χ1n) is 7.46. The van der Waals surface area contributed by atoms with E-state index < -0.39 is 0 Å². The molecule has 1 aromatic carbocycles. The number of nitrogens with one attached hydrogen (secondary N) is 1. The van der Waals surface area contributed by atoms with Gasteiger partial charge >= 0.3 is 0 Å². The first-order chi connectivity index (χ1) is 8.70. The largest absolute Gasteiger partial charge is 0.316 e. The summed E-state index contributed by atoms with van der Waals surface area (Å²) in [4.78, 5) is 0. The molecule has 1 heteroatoms. The molecule has 0 aromatic heterocycles. The minimum absolute atomic E-state index is 0.392. The van der Waals surface area contributed by atoms with Crippen LogP contribution in [-0.4, -0.2) is 13.1 Å². The highest BCUT2D eigenvalue weighted by atomic mass is 14.9. The van der Waals surface area contributed by atoms with Crippen LogP contribution in [-0.2, 0) is 5.41 Å². The summed E-state index contributed by atoms with van der Waals surface area (Å²) < 4.78 is 0. The van der Waals surface area contributed by atoms with Crippen LogP contribution in [0.5, 0.6) is 0 Å². The van der Waals surface area contributed by atoms with Crippen LogP contribution in [0.1, 0.15) is 52.0 Å². The molecule has 2 rings (SSSR count). The lowest BCUT2D eigenvalue weighted by Crippen LogP contribution is -2.54. The van der Waals surface area contributed by atoms with Crippen molar-refractivity contribution in [2.45, 2.75) is 51.9 Å². The van der Waals surface area contributed by atoms with E-state index in [1.165, 1.54) is 31.2 Å². The summed E-state index contributed by atoms with van der Waals surface area (Å²) in [5, 5.41) is 3.58. The zero-order chi connectivity index (χ0) is 13.1. The Morgan fingerprint density at radius 2 is 1.61 bits per heavy atom. The molecule has 0 aliphatic heterocycles. The van der Waals surface area contributed by atoms with Gasteiger partial charge in [-0.15, -0.1) is 0 Å². The second-order valence-electron chi connectivity index (χ2n) is 5.99. The molecule has 0 heterocycles. The van der Waals surface area contributed by atoms with Gasteiger partial charge in [-0.05, 0) is 30.4 Å². The Bertz CT molecular complexity index is 356. The summed E-state index contributed by atoms with van der Waals surface area (Å²) in [7, 11) is 0. The van der Waals surface area contributed by atoms with Crippen molar-refractivity contribution in [1.29, 1.82) is 0 Å². The van der Waals surface area contributed by atoms with E-state index >= 15 is 0 Å². The Labute approximate surface area is 112 Å². The van der Waals surface area contributed by atoms with Gasteiger partial charge in [-0.3, -0.25) is 0 Å². The Morgan fingerprint density at radius 3 is 2.11 bits per heavy atom. The van der Waals surface area contributed by atoms with Gasteiger partial charge in [0.1, 0.15) is 0 Å². The lowest BCUT2D eigenvalue weighted by molar-refractivity contribution is 0.0132. The van der Waals surface area contributed by atoms with Crippen molar-refractivity contribution in [3.05, 3.63) is 35.9 Å². The topological polar surface area (TPSA) is 12.0 Å². The molecule has 1 aliphatic rings. The molecule has 1 nitrogen and oxygen atoms in total. The van der Waals surface area contributed by atoms with Crippen molar-refractivity contribution in [3.63, 3.8) is 0 Å². The highest BCUT2D eigenvalue weighted by Gasteiger charge is 2.52. The monoisotopic (exact) mass is 245 g/mol. The average Bonchev–Trinajstić information content (AvgIpc) is 2.40.